The molecular formula is C5H20N4. The minimum Gasteiger partial charge on any atom is -0.333 e. The lowest BCUT2D eigenvalue weighted by Gasteiger charge is -2.07. The van der Waals surface area contributed by atoms with Gasteiger partial charge in [0.2, 0.25) is 0 Å². The van der Waals surface area contributed by atoms with E-state index in [4.69, 9.17) is 11.5 Å². The van der Waals surface area contributed by atoms with Gasteiger partial charge in [-0.1, -0.05) is 0 Å². The van der Waals surface area contributed by atoms with Crippen LogP contribution in [0.25, 0.3) is 0 Å². The average molecular weight is 136 g/mol. The Hall–Kier alpha value is -0.160. The van der Waals surface area contributed by atoms with Crippen LogP contribution >= 0.6 is 0 Å². The van der Waals surface area contributed by atoms with Gasteiger partial charge < -0.3 is 22.9 Å². The third kappa shape index (κ3) is 10400. The number of rotatable bonds is 0. The summed E-state index contributed by atoms with van der Waals surface area (Å²) in [7, 11) is 3.00. The molecule has 0 heterocycles. The highest BCUT2D eigenvalue weighted by Crippen LogP contribution is 1.76. The van der Waals surface area contributed by atoms with Gasteiger partial charge in [-0.15, -0.1) is 0 Å². The molecule has 0 aliphatic carbocycles. The van der Waals surface area contributed by atoms with Crippen LogP contribution < -0.4 is 22.9 Å². The number of hydrogen-bond acceptors (Lipinski definition) is 4. The molecule has 0 aromatic carbocycles. The molecule has 0 fully saturated rings. The van der Waals surface area contributed by atoms with Crippen LogP contribution in [0.1, 0.15) is 13.8 Å². The zero-order valence-corrected chi connectivity index (χ0v) is 6.81. The van der Waals surface area contributed by atoms with Crippen LogP contribution in [0, 0.1) is 0 Å². The predicted molar refractivity (Wildman–Crippen MR) is 42.7 cm³/mol. The van der Waals surface area contributed by atoms with Gasteiger partial charge in [-0.2, -0.15) is 0 Å². The highest BCUT2D eigenvalue weighted by molar-refractivity contribution is 4.57. The fourth-order valence-corrected chi connectivity index (χ4v) is 0. The maximum atomic E-state index is 5.13. The third-order valence-electron chi connectivity index (χ3n) is 0. The van der Waals surface area contributed by atoms with E-state index < -0.39 is 5.66 Å². The lowest BCUT2D eigenvalue weighted by molar-refractivity contribution is 0.547. The molecule has 0 bridgehead atoms. The van der Waals surface area contributed by atoms with Crippen molar-refractivity contribution in [2.45, 2.75) is 19.5 Å². The van der Waals surface area contributed by atoms with Crippen molar-refractivity contribution >= 4 is 0 Å². The van der Waals surface area contributed by atoms with E-state index in [0.717, 1.165) is 0 Å². The van der Waals surface area contributed by atoms with Crippen LogP contribution in [0.15, 0.2) is 0 Å². The first-order valence-electron chi connectivity index (χ1n) is 2.73. The largest absolute Gasteiger partial charge is 0.333 e. The molecule has 0 radical (unpaired) electrons. The first-order chi connectivity index (χ1) is 4.00. The standard InChI is InChI=1S/C3H10N2.2CH5N/c1-3(2,4)5;2*1-2/h4-5H2,1-2H3;2*2H2,1H3. The van der Waals surface area contributed by atoms with E-state index >= 15 is 0 Å². The van der Waals surface area contributed by atoms with E-state index in [9.17, 15) is 0 Å². The Morgan fingerprint density at radius 1 is 0.778 bits per heavy atom. The Labute approximate surface area is 57.6 Å². The van der Waals surface area contributed by atoms with Crippen molar-refractivity contribution in [2.75, 3.05) is 14.1 Å². The van der Waals surface area contributed by atoms with Gasteiger partial charge in [0.1, 0.15) is 0 Å². The Kier molecular flexibility index (Phi) is 19.0. The molecule has 60 valence electrons. The van der Waals surface area contributed by atoms with Gasteiger partial charge in [-0.3, -0.25) is 0 Å². The average Bonchev–Trinajstić information content (AvgIpc) is 1.72. The Morgan fingerprint density at radius 2 is 0.778 bits per heavy atom. The summed E-state index contributed by atoms with van der Waals surface area (Å²) >= 11 is 0. The van der Waals surface area contributed by atoms with Crippen molar-refractivity contribution in [3.63, 3.8) is 0 Å². The number of nitrogens with two attached hydrogens (primary N) is 4. The Balaban J connectivity index is -0.0000000771. The smallest absolute Gasteiger partial charge is 0.0578 e. The molecule has 0 saturated heterocycles. The van der Waals surface area contributed by atoms with Gasteiger partial charge in [-0.25, -0.2) is 0 Å². The molecular weight excluding hydrogens is 116 g/mol. The summed E-state index contributed by atoms with van der Waals surface area (Å²) in [5.74, 6) is 0. The normalized spacial score (nSPS) is 8.00. The molecule has 0 spiro atoms. The van der Waals surface area contributed by atoms with E-state index in [1.54, 1.807) is 13.8 Å². The van der Waals surface area contributed by atoms with Crippen LogP contribution in [0.2, 0.25) is 0 Å². The van der Waals surface area contributed by atoms with Gasteiger partial charge in [0.25, 0.3) is 0 Å². The van der Waals surface area contributed by atoms with Crippen molar-refractivity contribution < 1.29 is 0 Å². The van der Waals surface area contributed by atoms with Gasteiger partial charge in [-0.05, 0) is 27.9 Å². The molecule has 0 unspecified atom stereocenters. The van der Waals surface area contributed by atoms with Gasteiger partial charge in [0, 0.05) is 0 Å². The maximum Gasteiger partial charge on any atom is 0.0578 e. The van der Waals surface area contributed by atoms with Crippen LogP contribution in [0.4, 0.5) is 0 Å². The summed E-state index contributed by atoms with van der Waals surface area (Å²) in [6.07, 6.45) is 0. The van der Waals surface area contributed by atoms with E-state index in [-0.39, 0.29) is 0 Å². The fraction of sp³-hybridized carbons (Fsp3) is 1.00. The van der Waals surface area contributed by atoms with Crippen molar-refractivity contribution in [3.05, 3.63) is 0 Å². The molecule has 4 nitrogen and oxygen atoms in total. The predicted octanol–water partition coefficient (Wildman–Crippen LogP) is -1.21. The summed E-state index contributed by atoms with van der Waals surface area (Å²) < 4.78 is 0. The Bertz CT molecular complexity index is 24.4. The summed E-state index contributed by atoms with van der Waals surface area (Å²) in [6, 6.07) is 0. The minimum atomic E-state index is -0.500. The molecule has 0 saturated carbocycles. The summed E-state index contributed by atoms with van der Waals surface area (Å²) in [6.45, 7) is 3.49. The number of hydrogen-bond donors (Lipinski definition) is 4. The van der Waals surface area contributed by atoms with E-state index in [2.05, 4.69) is 11.5 Å². The van der Waals surface area contributed by atoms with Gasteiger partial charge in [0.15, 0.2) is 0 Å². The van der Waals surface area contributed by atoms with Crippen LogP contribution in [-0.2, 0) is 0 Å². The Morgan fingerprint density at radius 3 is 0.778 bits per heavy atom. The summed E-state index contributed by atoms with van der Waals surface area (Å²) in [4.78, 5) is 0. The highest BCUT2D eigenvalue weighted by Gasteiger charge is 1.95. The van der Waals surface area contributed by atoms with Crippen LogP contribution in [0.5, 0.6) is 0 Å². The second kappa shape index (κ2) is 10.8. The van der Waals surface area contributed by atoms with Gasteiger partial charge in [0.05, 0.1) is 5.66 Å². The lowest BCUT2D eigenvalue weighted by Crippen LogP contribution is -2.42. The second-order valence-corrected chi connectivity index (χ2v) is 1.82. The van der Waals surface area contributed by atoms with Gasteiger partial charge >= 0.3 is 0 Å². The van der Waals surface area contributed by atoms with Crippen molar-refractivity contribution in [2.24, 2.45) is 22.9 Å². The lowest BCUT2D eigenvalue weighted by atomic mass is 10.3. The molecule has 4 heteroatoms. The molecule has 0 rings (SSSR count). The quantitative estimate of drug-likeness (QED) is 0.314. The molecule has 0 atom stereocenters. The van der Waals surface area contributed by atoms with Crippen LogP contribution in [-0.4, -0.2) is 19.8 Å². The second-order valence-electron chi connectivity index (χ2n) is 1.82. The van der Waals surface area contributed by atoms with E-state index in [1.807, 2.05) is 0 Å². The first-order valence-corrected chi connectivity index (χ1v) is 2.73. The van der Waals surface area contributed by atoms with Crippen LogP contribution in [0.3, 0.4) is 0 Å². The van der Waals surface area contributed by atoms with Crippen molar-refractivity contribution in [3.8, 4) is 0 Å². The maximum absolute atomic E-state index is 5.13. The topological polar surface area (TPSA) is 104 Å². The summed E-state index contributed by atoms with van der Waals surface area (Å²) in [5, 5.41) is 0. The zero-order chi connectivity index (χ0) is 8.50. The molecule has 0 aromatic heterocycles. The first kappa shape index (κ1) is 15.9. The zero-order valence-electron chi connectivity index (χ0n) is 6.81. The minimum absolute atomic E-state index is 0.500. The third-order valence-corrected chi connectivity index (χ3v) is 0. The molecule has 0 aliphatic rings. The molecule has 0 amide bonds. The molecule has 8 N–H and O–H groups in total. The summed E-state index contributed by atoms with van der Waals surface area (Å²) in [5.41, 5.74) is 18.8. The van der Waals surface area contributed by atoms with E-state index in [0.29, 0.717) is 0 Å². The van der Waals surface area contributed by atoms with Crippen molar-refractivity contribution in [1.29, 1.82) is 0 Å². The van der Waals surface area contributed by atoms with E-state index in [1.165, 1.54) is 14.1 Å². The molecule has 0 aliphatic heterocycles. The monoisotopic (exact) mass is 136 g/mol. The van der Waals surface area contributed by atoms with Crippen molar-refractivity contribution in [1.82, 2.24) is 0 Å². The fourth-order valence-electron chi connectivity index (χ4n) is 0. The SMILES string of the molecule is CC(C)(N)N.CN.CN. The molecule has 9 heavy (non-hydrogen) atoms. The molecule has 0 aromatic rings. The highest BCUT2D eigenvalue weighted by atomic mass is 14.9.